The van der Waals surface area contributed by atoms with Crippen molar-refractivity contribution in [1.29, 1.82) is 0 Å². The number of carbonyl (C=O) groups is 7. The minimum atomic E-state index is -1.04. The minimum Gasteiger partial charge on any atom is -0.445 e. The number of hydrogen-bond acceptors (Lipinski definition) is 11. The number of amides is 7. The first kappa shape index (κ1) is 51.8. The van der Waals surface area contributed by atoms with Crippen LogP contribution in [0, 0.1) is 11.8 Å². The van der Waals surface area contributed by atoms with Gasteiger partial charge in [0.15, 0.2) is 0 Å². The zero-order chi connectivity index (χ0) is 49.3. The summed E-state index contributed by atoms with van der Waals surface area (Å²) in [6, 6.07) is 20.4. The van der Waals surface area contributed by atoms with Gasteiger partial charge in [-0.1, -0.05) is 58.0 Å². The zero-order valence-corrected chi connectivity index (χ0v) is 39.0. The van der Waals surface area contributed by atoms with Gasteiger partial charge in [-0.2, -0.15) is 0 Å². The van der Waals surface area contributed by atoms with Crippen LogP contribution in [-0.4, -0.2) is 66.2 Å². The Morgan fingerprint density at radius 3 is 1.40 bits per heavy atom. The Labute approximate surface area is 396 Å². The third-order valence-corrected chi connectivity index (χ3v) is 10.8. The van der Waals surface area contributed by atoms with Crippen LogP contribution in [0.4, 0.5) is 21.9 Å². The summed E-state index contributed by atoms with van der Waals surface area (Å²) in [7, 11) is 0. The van der Waals surface area contributed by atoms with Gasteiger partial charge in [-0.15, -0.1) is 0 Å². The third kappa shape index (κ3) is 16.3. The van der Waals surface area contributed by atoms with Crippen molar-refractivity contribution in [1.82, 2.24) is 21.3 Å². The third-order valence-electron chi connectivity index (χ3n) is 10.8. The maximum Gasteiger partial charge on any atom is 0.408 e. The molecule has 362 valence electrons. The van der Waals surface area contributed by atoms with Crippen molar-refractivity contribution in [2.75, 3.05) is 22.5 Å². The molecule has 1 heterocycles. The van der Waals surface area contributed by atoms with E-state index in [0.29, 0.717) is 48.9 Å². The van der Waals surface area contributed by atoms with Crippen LogP contribution in [0.15, 0.2) is 84.9 Å². The molecule has 0 radical (unpaired) electrons. The highest BCUT2D eigenvalue weighted by molar-refractivity contribution is 6.02. The molecular weight excluding hydrogens is 869 g/mol. The fourth-order valence-corrected chi connectivity index (χ4v) is 7.44. The van der Waals surface area contributed by atoms with Crippen LogP contribution in [0.2, 0.25) is 0 Å². The van der Waals surface area contributed by atoms with Gasteiger partial charge in [-0.25, -0.2) is 4.79 Å². The van der Waals surface area contributed by atoms with E-state index in [0.717, 1.165) is 5.56 Å². The predicted molar refractivity (Wildman–Crippen MR) is 260 cm³/mol. The fourth-order valence-electron chi connectivity index (χ4n) is 7.44. The topological polar surface area (TPSA) is 291 Å². The zero-order valence-electron chi connectivity index (χ0n) is 39.0. The second-order valence-electron chi connectivity index (χ2n) is 17.8. The molecule has 4 aromatic rings. The summed E-state index contributed by atoms with van der Waals surface area (Å²) in [6.45, 7) is 7.88. The van der Waals surface area contributed by atoms with E-state index in [-0.39, 0.29) is 78.3 Å². The van der Waals surface area contributed by atoms with Crippen LogP contribution < -0.4 is 54.4 Å². The number of anilines is 3. The van der Waals surface area contributed by atoms with Gasteiger partial charge >= 0.3 is 6.09 Å². The summed E-state index contributed by atoms with van der Waals surface area (Å²) in [5, 5.41) is 19.7. The van der Waals surface area contributed by atoms with E-state index in [2.05, 4.69) is 37.2 Å². The Hall–Kier alpha value is -7.15. The van der Waals surface area contributed by atoms with E-state index in [4.69, 9.17) is 21.9 Å². The molecule has 1 aliphatic rings. The molecule has 0 fully saturated rings. The van der Waals surface area contributed by atoms with Gasteiger partial charge in [0.05, 0.1) is 12.1 Å². The summed E-state index contributed by atoms with van der Waals surface area (Å²) < 4.78 is 5.40. The van der Waals surface area contributed by atoms with Crippen LogP contribution in [0.5, 0.6) is 0 Å². The van der Waals surface area contributed by atoms with E-state index in [1.807, 2.05) is 45.9 Å². The number of rotatable bonds is 17. The van der Waals surface area contributed by atoms with Crippen LogP contribution >= 0.6 is 0 Å². The molecular formula is C50H64N10O8. The van der Waals surface area contributed by atoms with E-state index >= 15 is 0 Å². The van der Waals surface area contributed by atoms with E-state index < -0.39 is 59.7 Å². The molecule has 18 heteroatoms. The van der Waals surface area contributed by atoms with Gasteiger partial charge in [-0.05, 0) is 127 Å². The second-order valence-corrected chi connectivity index (χ2v) is 17.8. The van der Waals surface area contributed by atoms with Gasteiger partial charge in [0.25, 0.3) is 17.7 Å². The van der Waals surface area contributed by atoms with Crippen molar-refractivity contribution in [3.8, 4) is 0 Å². The van der Waals surface area contributed by atoms with Crippen molar-refractivity contribution in [2.45, 2.75) is 104 Å². The smallest absolute Gasteiger partial charge is 0.408 e. The lowest BCUT2D eigenvalue weighted by Gasteiger charge is -2.19. The predicted octanol–water partition coefficient (Wildman–Crippen LogP) is 4.78. The van der Waals surface area contributed by atoms with E-state index in [1.165, 1.54) is 18.2 Å². The second kappa shape index (κ2) is 25.1. The average Bonchev–Trinajstić information content (AvgIpc) is 3.30. The highest BCUT2D eigenvalue weighted by Gasteiger charge is 2.24. The van der Waals surface area contributed by atoms with Gasteiger partial charge in [-0.3, -0.25) is 28.8 Å². The lowest BCUT2D eigenvalue weighted by molar-refractivity contribution is -0.118. The molecule has 4 aromatic carbocycles. The number of nitrogens with two attached hydrogens (primary N) is 3. The average molecular weight is 933 g/mol. The molecule has 0 spiro atoms. The summed E-state index contributed by atoms with van der Waals surface area (Å²) in [4.78, 5) is 94.8. The molecule has 0 aromatic heterocycles. The van der Waals surface area contributed by atoms with Crippen LogP contribution in [0.1, 0.15) is 113 Å². The van der Waals surface area contributed by atoms with E-state index in [9.17, 15) is 33.6 Å². The Balaban J connectivity index is 1.49. The number of unbranched alkanes of at least 4 members (excludes halogenated alkanes) is 1. The number of alkyl carbamates (subject to hydrolysis) is 1. The molecule has 5 rings (SSSR count). The summed E-state index contributed by atoms with van der Waals surface area (Å²) in [6.07, 6.45) is 1.40. The SMILES string of the molecule is CC(C)C[C@H](N)C(=O)Nc1cc2cc(c1)C(=O)NCc1cc(NC(=O)[C@H](CCCCN)NC(=O)OCc3ccccc3)cc(c1)C(=O)NCc1cc(NC(=O)[C@@H](N)CC(C)C)cc(c1)C(=O)NC2. The molecule has 1 aliphatic heterocycles. The van der Waals surface area contributed by atoms with Gasteiger partial charge in [0, 0.05) is 53.4 Å². The Bertz CT molecular complexity index is 2420. The first-order valence-corrected chi connectivity index (χ1v) is 22.8. The number of benzene rings is 4. The highest BCUT2D eigenvalue weighted by atomic mass is 16.5. The number of ether oxygens (including phenoxy) is 1. The molecule has 0 saturated heterocycles. The maximum absolute atomic E-state index is 14.0. The van der Waals surface area contributed by atoms with Crippen LogP contribution in [0.3, 0.4) is 0 Å². The van der Waals surface area contributed by atoms with Gasteiger partial charge < -0.3 is 59.2 Å². The Kier molecular flexibility index (Phi) is 19.1. The lowest BCUT2D eigenvalue weighted by Crippen LogP contribution is -2.44. The quantitative estimate of drug-likeness (QED) is 0.0643. The number of carbonyl (C=O) groups excluding carboxylic acids is 7. The normalized spacial score (nSPS) is 14.2. The molecule has 0 saturated carbocycles. The number of nitrogens with one attached hydrogen (secondary N) is 7. The standard InChI is InChI=1S/C50H64N10O8/c1-29(2)14-41(52)47(64)57-38-19-32-16-36(23-38)45(62)56-27-34-18-37(24-40(21-34)59-49(66)43(12-8-9-13-51)60-50(67)68-28-31-10-6-5-7-11-31)46(63)55-26-33-17-35(44(61)54-25-32)22-39(20-33)58-48(65)42(53)15-30(3)4/h5-7,10-11,16-24,29-30,41-43H,8-9,12-15,25-28,51-53H2,1-4H3,(H,54,61)(H,55,63)(H,56,62)(H,57,64)(H,58,65)(H,59,66)(H,60,67)/t41-,42-,43-/m0/s1. The molecule has 0 unspecified atom stereocenters. The number of hydrogen-bond donors (Lipinski definition) is 10. The molecule has 18 nitrogen and oxygen atoms in total. The van der Waals surface area contributed by atoms with Crippen LogP contribution in [0.25, 0.3) is 0 Å². The van der Waals surface area contributed by atoms with Gasteiger partial charge in [0.1, 0.15) is 12.6 Å². The summed E-state index contributed by atoms with van der Waals surface area (Å²) in [5.41, 5.74) is 21.4. The summed E-state index contributed by atoms with van der Waals surface area (Å²) >= 11 is 0. The molecule has 13 N–H and O–H groups in total. The number of fused-ring (bicyclic) bond motifs is 6. The maximum atomic E-state index is 14.0. The summed E-state index contributed by atoms with van der Waals surface area (Å²) in [5.74, 6) is -2.85. The molecule has 6 bridgehead atoms. The first-order chi connectivity index (χ1) is 32.5. The Morgan fingerprint density at radius 1 is 0.588 bits per heavy atom. The van der Waals surface area contributed by atoms with Crippen molar-refractivity contribution < 1.29 is 38.3 Å². The van der Waals surface area contributed by atoms with Crippen molar-refractivity contribution in [2.24, 2.45) is 29.0 Å². The first-order valence-electron chi connectivity index (χ1n) is 22.8. The monoisotopic (exact) mass is 932 g/mol. The highest BCUT2D eigenvalue weighted by Crippen LogP contribution is 2.22. The van der Waals surface area contributed by atoms with Crippen molar-refractivity contribution in [3.05, 3.63) is 124 Å². The van der Waals surface area contributed by atoms with Gasteiger partial charge in [0.2, 0.25) is 17.7 Å². The van der Waals surface area contributed by atoms with Crippen molar-refractivity contribution >= 4 is 58.6 Å². The van der Waals surface area contributed by atoms with Crippen LogP contribution in [-0.2, 0) is 45.4 Å². The minimum absolute atomic E-state index is 0.0113. The molecule has 7 amide bonds. The van der Waals surface area contributed by atoms with E-state index in [1.54, 1.807) is 48.5 Å². The molecule has 68 heavy (non-hydrogen) atoms. The fraction of sp³-hybridized carbons (Fsp3) is 0.380. The van der Waals surface area contributed by atoms with Crippen molar-refractivity contribution in [3.63, 3.8) is 0 Å². The molecule has 3 atom stereocenters. The lowest BCUT2D eigenvalue weighted by atomic mass is 10.0. The molecule has 0 aliphatic carbocycles. The largest absolute Gasteiger partial charge is 0.445 e. The Morgan fingerprint density at radius 2 is 1.00 bits per heavy atom.